The molecule has 6 nitrogen and oxygen atoms in total. The molecule has 0 bridgehead atoms. The first-order valence-electron chi connectivity index (χ1n) is 27.7. The Balaban J connectivity index is 4.65. The number of carbonyl (C=O) groups is 3. The second-order valence-electron chi connectivity index (χ2n) is 17.5. The quantitative estimate of drug-likeness (QED) is 0.0199. The van der Waals surface area contributed by atoms with Crippen molar-refractivity contribution in [3.8, 4) is 0 Å². The molecule has 0 saturated heterocycles. The van der Waals surface area contributed by atoms with Gasteiger partial charge in [-0.1, -0.05) is 229 Å². The molecular weight excluding hydrogens is 877 g/mol. The maximum atomic E-state index is 12.8. The Kier molecular flexibility index (Phi) is 53.1. The van der Waals surface area contributed by atoms with Crippen molar-refractivity contribution in [2.45, 2.75) is 207 Å². The Hall–Kier alpha value is -5.23. The molecular formula is C65H98O6. The van der Waals surface area contributed by atoms with Crippen LogP contribution in [0.15, 0.2) is 170 Å². The minimum atomic E-state index is -0.845. The highest BCUT2D eigenvalue weighted by atomic mass is 16.6. The van der Waals surface area contributed by atoms with Gasteiger partial charge in [0, 0.05) is 19.3 Å². The molecule has 71 heavy (non-hydrogen) atoms. The van der Waals surface area contributed by atoms with E-state index in [1.165, 1.54) is 19.3 Å². The summed E-state index contributed by atoms with van der Waals surface area (Å²) in [6.07, 6.45) is 84.9. The molecule has 6 heteroatoms. The molecule has 1 unspecified atom stereocenters. The van der Waals surface area contributed by atoms with Crippen molar-refractivity contribution < 1.29 is 28.6 Å². The van der Waals surface area contributed by atoms with Gasteiger partial charge in [0.1, 0.15) is 13.2 Å². The molecule has 0 aromatic carbocycles. The fourth-order valence-corrected chi connectivity index (χ4v) is 6.70. The highest BCUT2D eigenvalue weighted by Crippen LogP contribution is 2.11. The minimum Gasteiger partial charge on any atom is -0.462 e. The molecule has 0 aliphatic carbocycles. The third-order valence-corrected chi connectivity index (χ3v) is 10.8. The Bertz CT molecular complexity index is 1690. The van der Waals surface area contributed by atoms with E-state index in [1.54, 1.807) is 0 Å². The molecule has 0 heterocycles. The molecule has 1 atom stereocenters. The van der Waals surface area contributed by atoms with E-state index in [0.29, 0.717) is 12.8 Å². The first-order valence-corrected chi connectivity index (χ1v) is 27.7. The summed E-state index contributed by atoms with van der Waals surface area (Å²) in [7, 11) is 0. The molecule has 0 aromatic rings. The van der Waals surface area contributed by atoms with Gasteiger partial charge >= 0.3 is 17.9 Å². The Labute approximate surface area is 434 Å². The van der Waals surface area contributed by atoms with Crippen LogP contribution in [-0.4, -0.2) is 37.2 Å². The first kappa shape index (κ1) is 65.8. The normalized spacial score (nSPS) is 13.5. The van der Waals surface area contributed by atoms with Crippen molar-refractivity contribution in [3.63, 3.8) is 0 Å². The summed E-state index contributed by atoms with van der Waals surface area (Å²) < 4.78 is 16.7. The number of allylic oxidation sites excluding steroid dienone is 28. The van der Waals surface area contributed by atoms with Crippen LogP contribution >= 0.6 is 0 Å². The Morgan fingerprint density at radius 2 is 0.634 bits per heavy atom. The summed E-state index contributed by atoms with van der Waals surface area (Å²) in [5, 5.41) is 0. The van der Waals surface area contributed by atoms with Gasteiger partial charge in [-0.05, 0) is 122 Å². The van der Waals surface area contributed by atoms with E-state index >= 15 is 0 Å². The van der Waals surface area contributed by atoms with Gasteiger partial charge in [0.05, 0.1) is 0 Å². The lowest BCUT2D eigenvalue weighted by atomic mass is 10.1. The topological polar surface area (TPSA) is 78.9 Å². The van der Waals surface area contributed by atoms with Crippen molar-refractivity contribution in [1.82, 2.24) is 0 Å². The zero-order valence-corrected chi connectivity index (χ0v) is 44.9. The van der Waals surface area contributed by atoms with Gasteiger partial charge < -0.3 is 14.2 Å². The third-order valence-electron chi connectivity index (χ3n) is 10.8. The van der Waals surface area contributed by atoms with Crippen LogP contribution < -0.4 is 0 Å². The molecule has 0 spiro atoms. The highest BCUT2D eigenvalue weighted by molar-refractivity contribution is 5.71. The number of hydrogen-bond donors (Lipinski definition) is 0. The zero-order chi connectivity index (χ0) is 51.4. The summed E-state index contributed by atoms with van der Waals surface area (Å²) in [6.45, 7) is 6.23. The summed E-state index contributed by atoms with van der Waals surface area (Å²) >= 11 is 0. The lowest BCUT2D eigenvalue weighted by Gasteiger charge is -2.18. The predicted molar refractivity (Wildman–Crippen MR) is 306 cm³/mol. The average molecular weight is 975 g/mol. The highest BCUT2D eigenvalue weighted by Gasteiger charge is 2.19. The van der Waals surface area contributed by atoms with E-state index in [2.05, 4.69) is 179 Å². The van der Waals surface area contributed by atoms with E-state index in [4.69, 9.17) is 14.2 Å². The molecule has 0 N–H and O–H groups in total. The van der Waals surface area contributed by atoms with Gasteiger partial charge in [0.2, 0.25) is 0 Å². The summed E-state index contributed by atoms with van der Waals surface area (Å²) in [6, 6.07) is 0. The Morgan fingerprint density at radius 3 is 1.08 bits per heavy atom. The van der Waals surface area contributed by atoms with Crippen LogP contribution in [0.1, 0.15) is 201 Å². The van der Waals surface area contributed by atoms with Gasteiger partial charge in [-0.3, -0.25) is 14.4 Å². The lowest BCUT2D eigenvalue weighted by Crippen LogP contribution is -2.30. The van der Waals surface area contributed by atoms with Crippen LogP contribution in [0.4, 0.5) is 0 Å². The van der Waals surface area contributed by atoms with Crippen molar-refractivity contribution in [2.75, 3.05) is 13.2 Å². The number of ether oxygens (including phenoxy) is 3. The minimum absolute atomic E-state index is 0.137. The standard InChI is InChI=1S/C65H98O6/c1-4-7-10-13-16-19-22-25-28-31-33-35-37-40-43-46-49-52-55-58-64(67)70-61-62(60-69-63(66)57-54-51-48-45-42-39-36-30-27-24-21-18-15-12-9-6-3)71-65(68)59-56-53-50-47-44-41-38-34-32-29-26-23-20-17-14-11-8-5-2/h7,9-10,12,16-21,23,25-30,32-35,38-40,42-43,49,52,62H,4-6,8,11,13-15,22,24,31,36-37,41,44-48,50-51,53-61H2,1-3H3/b10-7-,12-9-,19-16-,20-17-,21-18-,26-23-,28-25-,30-27-,32-29-,35-33-,38-34-,42-39-,43-40-,52-49-. The monoisotopic (exact) mass is 975 g/mol. The van der Waals surface area contributed by atoms with E-state index in [0.717, 1.165) is 135 Å². The van der Waals surface area contributed by atoms with Crippen molar-refractivity contribution in [3.05, 3.63) is 170 Å². The van der Waals surface area contributed by atoms with Gasteiger partial charge in [0.15, 0.2) is 6.10 Å². The summed E-state index contributed by atoms with van der Waals surface area (Å²) in [5.41, 5.74) is 0. The smallest absolute Gasteiger partial charge is 0.306 e. The molecule has 0 amide bonds. The maximum Gasteiger partial charge on any atom is 0.306 e. The Morgan fingerprint density at radius 1 is 0.310 bits per heavy atom. The SMILES string of the molecule is CC/C=C\C/C=C\C/C=C\C/C=C\C/C=C\C/C=C\CCC(=O)OCC(COC(=O)CCCCC/C=C\C/C=C\C/C=C\C/C=C\CC)OC(=O)CCCCCCC\C=C/C=C\C=C/C=C\CCCCC. The van der Waals surface area contributed by atoms with Gasteiger partial charge in [-0.15, -0.1) is 0 Å². The molecule has 0 radical (unpaired) electrons. The largest absolute Gasteiger partial charge is 0.462 e. The number of esters is 3. The average Bonchev–Trinajstić information content (AvgIpc) is 3.37. The maximum absolute atomic E-state index is 12.8. The molecule has 0 aliphatic rings. The van der Waals surface area contributed by atoms with E-state index in [-0.39, 0.29) is 44.0 Å². The molecule has 0 saturated carbocycles. The molecule has 394 valence electrons. The molecule has 0 rings (SSSR count). The van der Waals surface area contributed by atoms with Crippen LogP contribution in [-0.2, 0) is 28.6 Å². The van der Waals surface area contributed by atoms with E-state index in [9.17, 15) is 14.4 Å². The number of rotatable bonds is 47. The molecule has 0 aliphatic heterocycles. The lowest BCUT2D eigenvalue weighted by molar-refractivity contribution is -0.166. The van der Waals surface area contributed by atoms with Crippen LogP contribution in [0, 0.1) is 0 Å². The molecule has 0 fully saturated rings. The molecule has 0 aromatic heterocycles. The van der Waals surface area contributed by atoms with E-state index in [1.807, 2.05) is 12.2 Å². The number of carbonyl (C=O) groups excluding carboxylic acids is 3. The van der Waals surface area contributed by atoms with Crippen molar-refractivity contribution in [2.24, 2.45) is 0 Å². The van der Waals surface area contributed by atoms with Gasteiger partial charge in [-0.25, -0.2) is 0 Å². The zero-order valence-electron chi connectivity index (χ0n) is 44.9. The number of hydrogen-bond acceptors (Lipinski definition) is 6. The summed E-state index contributed by atoms with van der Waals surface area (Å²) in [4.78, 5) is 38.1. The van der Waals surface area contributed by atoms with Gasteiger partial charge in [-0.2, -0.15) is 0 Å². The fourth-order valence-electron chi connectivity index (χ4n) is 6.70. The number of unbranched alkanes of at least 4 members (excludes halogenated alkanes) is 11. The van der Waals surface area contributed by atoms with Crippen LogP contribution in [0.5, 0.6) is 0 Å². The fraction of sp³-hybridized carbons (Fsp3) is 0.523. The van der Waals surface area contributed by atoms with Gasteiger partial charge in [0.25, 0.3) is 0 Å². The first-order chi connectivity index (χ1) is 35.0. The predicted octanol–water partition coefficient (Wildman–Crippen LogP) is 18.8. The third kappa shape index (κ3) is 55.6. The second kappa shape index (κ2) is 57.3. The van der Waals surface area contributed by atoms with Crippen LogP contribution in [0.25, 0.3) is 0 Å². The summed E-state index contributed by atoms with van der Waals surface area (Å²) in [5.74, 6) is -1.09. The van der Waals surface area contributed by atoms with Crippen molar-refractivity contribution >= 4 is 17.9 Å². The van der Waals surface area contributed by atoms with Crippen molar-refractivity contribution in [1.29, 1.82) is 0 Å². The van der Waals surface area contributed by atoms with Crippen LogP contribution in [0.3, 0.4) is 0 Å². The van der Waals surface area contributed by atoms with Crippen LogP contribution in [0.2, 0.25) is 0 Å². The second-order valence-corrected chi connectivity index (χ2v) is 17.5. The van der Waals surface area contributed by atoms with E-state index < -0.39 is 6.10 Å².